The van der Waals surface area contributed by atoms with Gasteiger partial charge in [-0.25, -0.2) is 0 Å². The highest BCUT2D eigenvalue weighted by atomic mass is 35.5. The topological polar surface area (TPSA) is 49.3 Å². The number of carbonyl (C=O) groups excluding carboxylic acids is 1. The normalized spacial score (nSPS) is 16.8. The minimum atomic E-state index is 0.169. The lowest BCUT2D eigenvalue weighted by Gasteiger charge is -2.35. The molecule has 1 aliphatic carbocycles. The molecule has 1 aromatic heterocycles. The van der Waals surface area contributed by atoms with Gasteiger partial charge in [-0.2, -0.15) is 5.10 Å². The Labute approximate surface area is 152 Å². The van der Waals surface area contributed by atoms with Crippen LogP contribution >= 0.6 is 11.6 Å². The molecule has 0 radical (unpaired) electrons. The molecule has 25 heavy (non-hydrogen) atoms. The molecule has 130 valence electrons. The second kappa shape index (κ2) is 7.00. The smallest absolute Gasteiger partial charge is 0.227 e. The standard InChI is InChI=1S/C19H21ClN4O/c20-16-6-4-14(5-7-16)12-19(25)24-10-8-23(9-11-24)18-13-15-2-1-3-17(15)21-22-18/h4-7,13H,1-3,8-12H2. The lowest BCUT2D eigenvalue weighted by atomic mass is 10.1. The van der Waals surface area contributed by atoms with E-state index in [-0.39, 0.29) is 5.91 Å². The van der Waals surface area contributed by atoms with E-state index in [9.17, 15) is 4.79 Å². The van der Waals surface area contributed by atoms with Crippen LogP contribution in [0.25, 0.3) is 0 Å². The van der Waals surface area contributed by atoms with Gasteiger partial charge in [-0.1, -0.05) is 23.7 Å². The average molecular weight is 357 g/mol. The van der Waals surface area contributed by atoms with E-state index in [0.717, 1.165) is 56.1 Å². The summed E-state index contributed by atoms with van der Waals surface area (Å²) >= 11 is 5.89. The first kappa shape index (κ1) is 16.3. The summed E-state index contributed by atoms with van der Waals surface area (Å²) in [5, 5.41) is 9.44. The van der Waals surface area contributed by atoms with Gasteiger partial charge >= 0.3 is 0 Å². The highest BCUT2D eigenvalue weighted by Crippen LogP contribution is 2.23. The zero-order valence-corrected chi connectivity index (χ0v) is 14.9. The van der Waals surface area contributed by atoms with Gasteiger partial charge in [-0.3, -0.25) is 4.79 Å². The Morgan fingerprint density at radius 2 is 1.80 bits per heavy atom. The Hall–Kier alpha value is -2.14. The quantitative estimate of drug-likeness (QED) is 0.848. The van der Waals surface area contributed by atoms with Gasteiger partial charge in [-0.15, -0.1) is 5.10 Å². The van der Waals surface area contributed by atoms with Crippen LogP contribution in [0.5, 0.6) is 0 Å². The van der Waals surface area contributed by atoms with Gasteiger partial charge < -0.3 is 9.80 Å². The molecule has 1 fully saturated rings. The number of carbonyl (C=O) groups is 1. The number of nitrogens with zero attached hydrogens (tertiary/aromatic N) is 4. The van der Waals surface area contributed by atoms with Crippen molar-refractivity contribution in [2.24, 2.45) is 0 Å². The number of aryl methyl sites for hydroxylation is 2. The van der Waals surface area contributed by atoms with E-state index in [0.29, 0.717) is 11.4 Å². The van der Waals surface area contributed by atoms with E-state index in [2.05, 4.69) is 21.2 Å². The van der Waals surface area contributed by atoms with Crippen LogP contribution in [-0.4, -0.2) is 47.2 Å². The number of anilines is 1. The van der Waals surface area contributed by atoms with E-state index in [4.69, 9.17) is 11.6 Å². The summed E-state index contributed by atoms with van der Waals surface area (Å²) in [6, 6.07) is 9.66. The fourth-order valence-electron chi connectivity index (χ4n) is 3.55. The molecule has 2 aromatic rings. The Morgan fingerprint density at radius 3 is 2.56 bits per heavy atom. The van der Waals surface area contributed by atoms with Crippen LogP contribution in [0, 0.1) is 0 Å². The van der Waals surface area contributed by atoms with E-state index in [1.54, 1.807) is 0 Å². The second-order valence-corrected chi connectivity index (χ2v) is 7.14. The molecule has 1 saturated heterocycles. The third-order valence-electron chi connectivity index (χ3n) is 5.03. The van der Waals surface area contributed by atoms with Crippen LogP contribution in [0.1, 0.15) is 23.2 Å². The molecule has 1 aliphatic heterocycles. The molecule has 1 aromatic carbocycles. The summed E-state index contributed by atoms with van der Waals surface area (Å²) in [5.41, 5.74) is 3.49. The highest BCUT2D eigenvalue weighted by molar-refractivity contribution is 6.30. The van der Waals surface area contributed by atoms with Crippen LogP contribution in [-0.2, 0) is 24.1 Å². The monoisotopic (exact) mass is 356 g/mol. The zero-order valence-electron chi connectivity index (χ0n) is 14.1. The fraction of sp³-hybridized carbons (Fsp3) is 0.421. The number of piperazine rings is 1. The van der Waals surface area contributed by atoms with Crippen molar-refractivity contribution in [2.75, 3.05) is 31.1 Å². The summed E-state index contributed by atoms with van der Waals surface area (Å²) in [6.07, 6.45) is 3.77. The summed E-state index contributed by atoms with van der Waals surface area (Å²) in [5.74, 6) is 1.12. The molecule has 6 heteroatoms. The molecular formula is C19H21ClN4O. The molecule has 0 bridgehead atoms. The molecule has 1 amide bonds. The van der Waals surface area contributed by atoms with Crippen molar-refractivity contribution in [2.45, 2.75) is 25.7 Å². The molecule has 0 atom stereocenters. The van der Waals surface area contributed by atoms with Crippen molar-refractivity contribution in [1.29, 1.82) is 0 Å². The average Bonchev–Trinajstić information content (AvgIpc) is 3.11. The summed E-state index contributed by atoms with van der Waals surface area (Å²) in [4.78, 5) is 16.7. The van der Waals surface area contributed by atoms with Crippen molar-refractivity contribution in [3.63, 3.8) is 0 Å². The minimum absolute atomic E-state index is 0.169. The van der Waals surface area contributed by atoms with Gasteiger partial charge in [0.2, 0.25) is 5.91 Å². The predicted molar refractivity (Wildman–Crippen MR) is 98.0 cm³/mol. The van der Waals surface area contributed by atoms with Crippen LogP contribution in [0.4, 0.5) is 5.82 Å². The van der Waals surface area contributed by atoms with Gasteiger partial charge in [-0.05, 0) is 48.6 Å². The molecule has 2 heterocycles. The first-order chi connectivity index (χ1) is 12.2. The molecule has 0 spiro atoms. The molecule has 0 saturated carbocycles. The van der Waals surface area contributed by atoms with Crippen molar-refractivity contribution in [3.8, 4) is 0 Å². The van der Waals surface area contributed by atoms with Gasteiger partial charge in [0.15, 0.2) is 5.82 Å². The van der Waals surface area contributed by atoms with Gasteiger partial charge in [0.1, 0.15) is 0 Å². The fourth-order valence-corrected chi connectivity index (χ4v) is 3.67. The Kier molecular flexibility index (Phi) is 4.57. The van der Waals surface area contributed by atoms with Crippen LogP contribution in [0.3, 0.4) is 0 Å². The first-order valence-electron chi connectivity index (χ1n) is 8.82. The molecule has 0 unspecified atom stereocenters. The molecule has 0 N–H and O–H groups in total. The SMILES string of the molecule is O=C(Cc1ccc(Cl)cc1)N1CCN(c2cc3c(nn2)CCC3)CC1. The maximum absolute atomic E-state index is 12.5. The summed E-state index contributed by atoms with van der Waals surface area (Å²) in [6.45, 7) is 3.07. The summed E-state index contributed by atoms with van der Waals surface area (Å²) < 4.78 is 0. The number of amides is 1. The summed E-state index contributed by atoms with van der Waals surface area (Å²) in [7, 11) is 0. The lowest BCUT2D eigenvalue weighted by Crippen LogP contribution is -2.49. The van der Waals surface area contributed by atoms with Crippen LogP contribution < -0.4 is 4.90 Å². The number of fused-ring (bicyclic) bond motifs is 1. The number of halogens is 1. The molecular weight excluding hydrogens is 336 g/mol. The van der Waals surface area contributed by atoms with Crippen molar-refractivity contribution < 1.29 is 4.79 Å². The lowest BCUT2D eigenvalue weighted by molar-refractivity contribution is -0.130. The molecule has 5 nitrogen and oxygen atoms in total. The van der Waals surface area contributed by atoms with E-state index in [1.807, 2.05) is 29.2 Å². The number of rotatable bonds is 3. The zero-order chi connectivity index (χ0) is 17.2. The van der Waals surface area contributed by atoms with E-state index >= 15 is 0 Å². The van der Waals surface area contributed by atoms with Gasteiger partial charge in [0.25, 0.3) is 0 Å². The van der Waals surface area contributed by atoms with Crippen molar-refractivity contribution >= 4 is 23.3 Å². The molecule has 2 aliphatic rings. The number of benzene rings is 1. The first-order valence-corrected chi connectivity index (χ1v) is 9.19. The third-order valence-corrected chi connectivity index (χ3v) is 5.28. The van der Waals surface area contributed by atoms with E-state index < -0.39 is 0 Å². The van der Waals surface area contributed by atoms with Crippen LogP contribution in [0.2, 0.25) is 5.02 Å². The predicted octanol–water partition coefficient (Wildman–Crippen LogP) is 2.51. The van der Waals surface area contributed by atoms with Crippen molar-refractivity contribution in [1.82, 2.24) is 15.1 Å². The number of hydrogen-bond donors (Lipinski definition) is 0. The number of hydrogen-bond acceptors (Lipinski definition) is 4. The van der Waals surface area contributed by atoms with Gasteiger partial charge in [0, 0.05) is 31.2 Å². The third kappa shape index (κ3) is 3.61. The maximum atomic E-state index is 12.5. The minimum Gasteiger partial charge on any atom is -0.352 e. The van der Waals surface area contributed by atoms with Gasteiger partial charge in [0.05, 0.1) is 12.1 Å². The highest BCUT2D eigenvalue weighted by Gasteiger charge is 2.23. The van der Waals surface area contributed by atoms with Crippen LogP contribution in [0.15, 0.2) is 30.3 Å². The Morgan fingerprint density at radius 1 is 1.04 bits per heavy atom. The Balaban J connectivity index is 1.34. The molecule has 4 rings (SSSR count). The second-order valence-electron chi connectivity index (χ2n) is 6.70. The van der Waals surface area contributed by atoms with Crippen molar-refractivity contribution in [3.05, 3.63) is 52.2 Å². The Bertz CT molecular complexity index is 769. The largest absolute Gasteiger partial charge is 0.352 e. The van der Waals surface area contributed by atoms with E-state index in [1.165, 1.54) is 12.0 Å². The maximum Gasteiger partial charge on any atom is 0.227 e. The number of aromatic nitrogens is 2.